The summed E-state index contributed by atoms with van der Waals surface area (Å²) in [5.74, 6) is -0.224. The van der Waals surface area contributed by atoms with Crippen LogP contribution in [0.2, 0.25) is 5.02 Å². The third-order valence-electron chi connectivity index (χ3n) is 3.44. The van der Waals surface area contributed by atoms with Crippen LogP contribution in [-0.4, -0.2) is 17.4 Å². The predicted molar refractivity (Wildman–Crippen MR) is 89.6 cm³/mol. The van der Waals surface area contributed by atoms with Crippen LogP contribution in [0.25, 0.3) is 0 Å². The average Bonchev–Trinajstić information content (AvgIpc) is 2.53. The number of carbonyl (C=O) groups is 1. The van der Waals surface area contributed by atoms with Crippen molar-refractivity contribution >= 4 is 23.2 Å². The lowest BCUT2D eigenvalue weighted by Gasteiger charge is -2.07. The summed E-state index contributed by atoms with van der Waals surface area (Å²) < 4.78 is 0. The highest BCUT2D eigenvalue weighted by atomic mass is 35.5. The van der Waals surface area contributed by atoms with Crippen LogP contribution in [0.3, 0.4) is 0 Å². The van der Waals surface area contributed by atoms with E-state index in [9.17, 15) is 14.9 Å². The zero-order valence-corrected chi connectivity index (χ0v) is 13.3. The molecule has 0 saturated carbocycles. The highest BCUT2D eigenvalue weighted by molar-refractivity contribution is 6.31. The van der Waals surface area contributed by atoms with Crippen molar-refractivity contribution in [3.05, 3.63) is 74.8 Å². The highest BCUT2D eigenvalue weighted by Gasteiger charge is 2.15. The van der Waals surface area contributed by atoms with Gasteiger partial charge in [0.15, 0.2) is 0 Å². The van der Waals surface area contributed by atoms with Gasteiger partial charge in [0.25, 0.3) is 5.69 Å². The topological polar surface area (TPSA) is 72.2 Å². The molecule has 0 atom stereocenters. The summed E-state index contributed by atoms with van der Waals surface area (Å²) in [6.07, 6.45) is 1.53. The number of nitro benzene ring substituents is 1. The van der Waals surface area contributed by atoms with E-state index in [1.165, 1.54) is 6.07 Å². The number of hydrogen-bond donors (Lipinski definition) is 1. The molecule has 0 bridgehead atoms. The minimum Gasteiger partial charge on any atom is -0.356 e. The summed E-state index contributed by atoms with van der Waals surface area (Å²) in [6.45, 7) is 0.505. The third kappa shape index (κ3) is 5.07. The Balaban J connectivity index is 1.80. The Labute approximate surface area is 139 Å². The molecule has 0 aromatic heterocycles. The number of para-hydroxylation sites is 1. The quantitative estimate of drug-likeness (QED) is 0.479. The zero-order chi connectivity index (χ0) is 16.7. The van der Waals surface area contributed by atoms with Gasteiger partial charge in [0.05, 0.1) is 11.3 Å². The van der Waals surface area contributed by atoms with Crippen LogP contribution in [0.15, 0.2) is 48.5 Å². The Hall–Kier alpha value is -2.40. The van der Waals surface area contributed by atoms with Crippen molar-refractivity contribution in [3.63, 3.8) is 0 Å². The van der Waals surface area contributed by atoms with Gasteiger partial charge < -0.3 is 5.32 Å². The molecule has 0 aliphatic rings. The van der Waals surface area contributed by atoms with E-state index in [2.05, 4.69) is 5.32 Å². The van der Waals surface area contributed by atoms with Gasteiger partial charge in [-0.25, -0.2) is 0 Å². The van der Waals surface area contributed by atoms with Crippen molar-refractivity contribution in [3.8, 4) is 0 Å². The van der Waals surface area contributed by atoms with E-state index in [0.29, 0.717) is 12.1 Å². The van der Waals surface area contributed by atoms with Crippen LogP contribution < -0.4 is 5.32 Å². The van der Waals surface area contributed by atoms with Gasteiger partial charge in [-0.15, -0.1) is 0 Å². The number of nitrogens with one attached hydrogen (secondary N) is 1. The van der Waals surface area contributed by atoms with Crippen LogP contribution in [0.5, 0.6) is 0 Å². The zero-order valence-electron chi connectivity index (χ0n) is 12.5. The number of halogens is 1. The van der Waals surface area contributed by atoms with Crippen LogP contribution in [-0.2, 0) is 17.6 Å². The molecule has 6 heteroatoms. The van der Waals surface area contributed by atoms with Gasteiger partial charge in [-0.05, 0) is 24.5 Å². The van der Waals surface area contributed by atoms with E-state index in [4.69, 9.17) is 11.6 Å². The first-order valence-electron chi connectivity index (χ1n) is 7.30. The number of hydrogen-bond acceptors (Lipinski definition) is 3. The monoisotopic (exact) mass is 332 g/mol. The first-order chi connectivity index (χ1) is 11.1. The first-order valence-corrected chi connectivity index (χ1v) is 7.68. The van der Waals surface area contributed by atoms with Crippen LogP contribution >= 0.6 is 11.6 Å². The molecule has 0 fully saturated rings. The lowest BCUT2D eigenvalue weighted by atomic mass is 10.1. The summed E-state index contributed by atoms with van der Waals surface area (Å²) in [4.78, 5) is 22.3. The van der Waals surface area contributed by atoms with Gasteiger partial charge in [0, 0.05) is 23.2 Å². The minimum atomic E-state index is -0.472. The molecular weight excluding hydrogens is 316 g/mol. The molecule has 0 aliphatic heterocycles. The normalized spacial score (nSPS) is 10.3. The summed E-state index contributed by atoms with van der Waals surface area (Å²) in [7, 11) is 0. The standard InChI is InChI=1S/C17H17ClN2O3/c18-15-9-3-1-6-13(15)8-5-11-19-17(21)12-14-7-2-4-10-16(14)20(22)23/h1-4,6-7,9-10H,5,8,11-12H2,(H,19,21). The van der Waals surface area contributed by atoms with Crippen LogP contribution in [0.1, 0.15) is 17.5 Å². The second-order valence-electron chi connectivity index (χ2n) is 5.11. The molecule has 23 heavy (non-hydrogen) atoms. The molecule has 0 aliphatic carbocycles. The first kappa shape index (κ1) is 17.0. The number of amides is 1. The van der Waals surface area contributed by atoms with E-state index in [-0.39, 0.29) is 18.0 Å². The van der Waals surface area contributed by atoms with Gasteiger partial charge in [-0.3, -0.25) is 14.9 Å². The van der Waals surface area contributed by atoms with E-state index < -0.39 is 4.92 Å². The maximum atomic E-state index is 11.9. The van der Waals surface area contributed by atoms with Gasteiger partial charge in [0.2, 0.25) is 5.91 Å². The minimum absolute atomic E-state index is 0.00322. The Kier molecular flexibility index (Phi) is 6.11. The number of carbonyl (C=O) groups excluding carboxylic acids is 1. The van der Waals surface area contributed by atoms with Gasteiger partial charge in [-0.2, -0.15) is 0 Å². The number of aryl methyl sites for hydroxylation is 1. The van der Waals surface area contributed by atoms with E-state index in [1.807, 2.05) is 24.3 Å². The number of rotatable bonds is 7. The maximum absolute atomic E-state index is 11.9. The SMILES string of the molecule is O=C(Cc1ccccc1[N+](=O)[O-])NCCCc1ccccc1Cl. The molecule has 5 nitrogen and oxygen atoms in total. The Morgan fingerprint density at radius 2 is 1.74 bits per heavy atom. The molecule has 0 radical (unpaired) electrons. The molecule has 0 saturated heterocycles. The Bertz CT molecular complexity index is 704. The van der Waals surface area contributed by atoms with Crippen molar-refractivity contribution in [2.45, 2.75) is 19.3 Å². The lowest BCUT2D eigenvalue weighted by molar-refractivity contribution is -0.385. The number of nitrogens with zero attached hydrogens (tertiary/aromatic N) is 1. The molecule has 1 amide bonds. The summed E-state index contributed by atoms with van der Waals surface area (Å²) in [5, 5.41) is 14.4. The fraction of sp³-hybridized carbons (Fsp3) is 0.235. The molecular formula is C17H17ClN2O3. The molecule has 1 N–H and O–H groups in total. The highest BCUT2D eigenvalue weighted by Crippen LogP contribution is 2.18. The summed E-state index contributed by atoms with van der Waals surface area (Å²) in [5.41, 5.74) is 1.43. The third-order valence-corrected chi connectivity index (χ3v) is 3.81. The maximum Gasteiger partial charge on any atom is 0.273 e. The van der Waals surface area contributed by atoms with E-state index in [1.54, 1.807) is 18.2 Å². The molecule has 0 heterocycles. The van der Waals surface area contributed by atoms with Crippen molar-refractivity contribution < 1.29 is 9.72 Å². The molecule has 0 spiro atoms. The van der Waals surface area contributed by atoms with Crippen molar-refractivity contribution in [2.75, 3.05) is 6.54 Å². The second-order valence-corrected chi connectivity index (χ2v) is 5.51. The molecule has 2 aromatic rings. The molecule has 2 rings (SSSR count). The Morgan fingerprint density at radius 1 is 1.09 bits per heavy atom. The summed E-state index contributed by atoms with van der Waals surface area (Å²) >= 11 is 6.07. The van der Waals surface area contributed by atoms with Crippen molar-refractivity contribution in [1.82, 2.24) is 5.32 Å². The predicted octanol–water partition coefficient (Wildman–Crippen LogP) is 3.54. The Morgan fingerprint density at radius 3 is 2.43 bits per heavy atom. The van der Waals surface area contributed by atoms with Gasteiger partial charge >= 0.3 is 0 Å². The number of benzene rings is 2. The smallest absolute Gasteiger partial charge is 0.273 e. The molecule has 0 unspecified atom stereocenters. The fourth-order valence-corrected chi connectivity index (χ4v) is 2.51. The van der Waals surface area contributed by atoms with Crippen molar-refractivity contribution in [1.29, 1.82) is 0 Å². The average molecular weight is 333 g/mol. The molecule has 120 valence electrons. The lowest BCUT2D eigenvalue weighted by Crippen LogP contribution is -2.26. The fourth-order valence-electron chi connectivity index (χ4n) is 2.28. The van der Waals surface area contributed by atoms with Gasteiger partial charge in [-0.1, -0.05) is 48.0 Å². The summed E-state index contributed by atoms with van der Waals surface area (Å²) in [6, 6.07) is 13.9. The van der Waals surface area contributed by atoms with Crippen LogP contribution in [0.4, 0.5) is 5.69 Å². The van der Waals surface area contributed by atoms with Crippen LogP contribution in [0, 0.1) is 10.1 Å². The largest absolute Gasteiger partial charge is 0.356 e. The van der Waals surface area contributed by atoms with Gasteiger partial charge in [0.1, 0.15) is 0 Å². The van der Waals surface area contributed by atoms with Crippen molar-refractivity contribution in [2.24, 2.45) is 0 Å². The molecule has 2 aromatic carbocycles. The van der Waals surface area contributed by atoms with E-state index >= 15 is 0 Å². The van der Waals surface area contributed by atoms with E-state index in [0.717, 1.165) is 23.4 Å². The second kappa shape index (κ2) is 8.29. The number of nitro groups is 1.